The number of benzene rings is 1. The Bertz CT molecular complexity index is 396. The molecule has 1 rings (SSSR count). The van der Waals surface area contributed by atoms with Gasteiger partial charge in [0.05, 0.1) is 11.6 Å². The van der Waals surface area contributed by atoms with Crippen molar-refractivity contribution in [3.8, 4) is 6.07 Å². The van der Waals surface area contributed by atoms with Gasteiger partial charge in [-0.3, -0.25) is 4.79 Å². The van der Waals surface area contributed by atoms with Gasteiger partial charge >= 0.3 is 5.97 Å². The molecule has 4 heteroatoms. The summed E-state index contributed by atoms with van der Waals surface area (Å²) in [6.45, 7) is 1.15. The van der Waals surface area contributed by atoms with Crippen LogP contribution >= 0.6 is 0 Å². The Morgan fingerprint density at radius 1 is 1.64 bits per heavy atom. The van der Waals surface area contributed by atoms with Gasteiger partial charge in [-0.15, -0.1) is 0 Å². The smallest absolute Gasteiger partial charge is 0.302 e. The van der Waals surface area contributed by atoms with E-state index < -0.39 is 11.8 Å². The molecule has 72 valence electrons. The van der Waals surface area contributed by atoms with Gasteiger partial charge in [0.1, 0.15) is 12.4 Å². The topological polar surface area (TPSA) is 50.1 Å². The maximum atomic E-state index is 13.1. The van der Waals surface area contributed by atoms with E-state index in [0.29, 0.717) is 0 Å². The zero-order chi connectivity index (χ0) is 10.6. The van der Waals surface area contributed by atoms with Crippen molar-refractivity contribution < 1.29 is 13.9 Å². The lowest BCUT2D eigenvalue weighted by molar-refractivity contribution is -0.142. The molecule has 0 fully saturated rings. The first-order chi connectivity index (χ1) is 6.63. The Morgan fingerprint density at radius 2 is 2.36 bits per heavy atom. The summed E-state index contributed by atoms with van der Waals surface area (Å²) in [5, 5.41) is 8.47. The predicted octanol–water partition coefficient (Wildman–Crippen LogP) is 1.76. The van der Waals surface area contributed by atoms with Crippen molar-refractivity contribution in [3.63, 3.8) is 0 Å². The van der Waals surface area contributed by atoms with Gasteiger partial charge in [-0.05, 0) is 12.1 Å². The van der Waals surface area contributed by atoms with Crippen molar-refractivity contribution in [2.45, 2.75) is 13.5 Å². The fourth-order valence-corrected chi connectivity index (χ4v) is 0.913. The fourth-order valence-electron chi connectivity index (χ4n) is 0.913. The molecule has 0 aliphatic carbocycles. The molecule has 0 heterocycles. The van der Waals surface area contributed by atoms with E-state index in [-0.39, 0.29) is 17.7 Å². The van der Waals surface area contributed by atoms with Crippen LogP contribution in [0.25, 0.3) is 0 Å². The first kappa shape index (κ1) is 10.2. The maximum Gasteiger partial charge on any atom is 0.302 e. The summed E-state index contributed by atoms with van der Waals surface area (Å²) in [5.74, 6) is -1.00. The van der Waals surface area contributed by atoms with Crippen LogP contribution in [0.15, 0.2) is 18.2 Å². The third kappa shape index (κ3) is 2.56. The van der Waals surface area contributed by atoms with E-state index >= 15 is 0 Å². The Balaban J connectivity index is 2.80. The Kier molecular flexibility index (Phi) is 3.19. The van der Waals surface area contributed by atoms with Crippen LogP contribution in [0.5, 0.6) is 0 Å². The Morgan fingerprint density at radius 3 is 2.86 bits per heavy atom. The predicted molar refractivity (Wildman–Crippen MR) is 46.6 cm³/mol. The van der Waals surface area contributed by atoms with Gasteiger partial charge in [-0.25, -0.2) is 4.39 Å². The van der Waals surface area contributed by atoms with E-state index in [2.05, 4.69) is 4.74 Å². The molecule has 0 saturated carbocycles. The highest BCUT2D eigenvalue weighted by molar-refractivity contribution is 5.65. The number of nitrogens with zero attached hydrogens (tertiary/aromatic N) is 1. The third-order valence-electron chi connectivity index (χ3n) is 1.61. The average Bonchev–Trinajstić information content (AvgIpc) is 2.15. The quantitative estimate of drug-likeness (QED) is 0.672. The summed E-state index contributed by atoms with van der Waals surface area (Å²) in [7, 11) is 0. The highest BCUT2D eigenvalue weighted by Gasteiger charge is 2.04. The second kappa shape index (κ2) is 4.38. The van der Waals surface area contributed by atoms with Gasteiger partial charge in [0.15, 0.2) is 0 Å². The minimum absolute atomic E-state index is 0.104. The van der Waals surface area contributed by atoms with Gasteiger partial charge < -0.3 is 4.74 Å². The van der Waals surface area contributed by atoms with Crippen molar-refractivity contribution in [3.05, 3.63) is 35.1 Å². The zero-order valence-electron chi connectivity index (χ0n) is 7.58. The highest BCUT2D eigenvalue weighted by atomic mass is 19.1. The number of hydrogen-bond acceptors (Lipinski definition) is 3. The monoisotopic (exact) mass is 193 g/mol. The molecule has 1 aromatic carbocycles. The second-order valence-electron chi connectivity index (χ2n) is 2.70. The zero-order valence-corrected chi connectivity index (χ0v) is 7.58. The van der Waals surface area contributed by atoms with Crippen molar-refractivity contribution in [2.75, 3.05) is 0 Å². The molecule has 0 bridgehead atoms. The largest absolute Gasteiger partial charge is 0.461 e. The lowest BCUT2D eigenvalue weighted by Gasteiger charge is -2.03. The van der Waals surface area contributed by atoms with Gasteiger partial charge in [-0.1, -0.05) is 6.07 Å². The molecular weight excluding hydrogens is 185 g/mol. The Labute approximate surface area is 80.7 Å². The number of carbonyl (C=O) groups excluding carboxylic acids is 1. The number of halogens is 1. The van der Waals surface area contributed by atoms with Gasteiger partial charge in [0.2, 0.25) is 0 Å². The number of carbonyl (C=O) groups is 1. The van der Waals surface area contributed by atoms with Crippen molar-refractivity contribution in [1.82, 2.24) is 0 Å². The first-order valence-corrected chi connectivity index (χ1v) is 3.95. The van der Waals surface area contributed by atoms with E-state index in [1.165, 1.54) is 19.1 Å². The van der Waals surface area contributed by atoms with E-state index in [1.807, 2.05) is 6.07 Å². The lowest BCUT2D eigenvalue weighted by Crippen LogP contribution is -2.00. The standard InChI is InChI=1S/C10H8FNO2/c1-7(13)14-6-9-3-2-8(5-12)4-10(9)11/h2-4H,6H2,1H3. The van der Waals surface area contributed by atoms with Crippen LogP contribution in [0.1, 0.15) is 18.1 Å². The molecule has 0 amide bonds. The number of hydrogen-bond donors (Lipinski definition) is 0. The van der Waals surface area contributed by atoms with Gasteiger partial charge in [-0.2, -0.15) is 5.26 Å². The third-order valence-corrected chi connectivity index (χ3v) is 1.61. The molecule has 0 spiro atoms. The molecular formula is C10H8FNO2. The lowest BCUT2D eigenvalue weighted by atomic mass is 10.1. The molecule has 0 atom stereocenters. The summed E-state index contributed by atoms with van der Waals surface area (Å²) in [4.78, 5) is 10.5. The first-order valence-electron chi connectivity index (χ1n) is 3.95. The van der Waals surface area contributed by atoms with Crippen LogP contribution in [-0.4, -0.2) is 5.97 Å². The fraction of sp³-hybridized carbons (Fsp3) is 0.200. The van der Waals surface area contributed by atoms with Crippen molar-refractivity contribution >= 4 is 5.97 Å². The Hall–Kier alpha value is -1.89. The van der Waals surface area contributed by atoms with Crippen molar-refractivity contribution in [1.29, 1.82) is 5.26 Å². The summed E-state index contributed by atoms with van der Waals surface area (Å²) in [6.07, 6.45) is 0. The molecule has 0 unspecified atom stereocenters. The van der Waals surface area contributed by atoms with Crippen LogP contribution in [-0.2, 0) is 16.1 Å². The van der Waals surface area contributed by atoms with Crippen LogP contribution in [0.3, 0.4) is 0 Å². The van der Waals surface area contributed by atoms with Crippen LogP contribution < -0.4 is 0 Å². The van der Waals surface area contributed by atoms with E-state index in [1.54, 1.807) is 0 Å². The van der Waals surface area contributed by atoms with Crippen LogP contribution in [0.2, 0.25) is 0 Å². The van der Waals surface area contributed by atoms with E-state index in [0.717, 1.165) is 6.07 Å². The van der Waals surface area contributed by atoms with E-state index in [9.17, 15) is 9.18 Å². The molecule has 1 aromatic rings. The molecule has 0 aliphatic rings. The SMILES string of the molecule is CC(=O)OCc1ccc(C#N)cc1F. The van der Waals surface area contributed by atoms with Gasteiger partial charge in [0.25, 0.3) is 0 Å². The average molecular weight is 193 g/mol. The molecule has 0 N–H and O–H groups in total. The highest BCUT2D eigenvalue weighted by Crippen LogP contribution is 2.10. The van der Waals surface area contributed by atoms with Crippen LogP contribution in [0, 0.1) is 17.1 Å². The minimum atomic E-state index is -0.537. The summed E-state index contributed by atoms with van der Waals surface area (Å²) in [6, 6.07) is 5.82. The summed E-state index contributed by atoms with van der Waals surface area (Å²) < 4.78 is 17.8. The summed E-state index contributed by atoms with van der Waals surface area (Å²) >= 11 is 0. The molecule has 0 radical (unpaired) electrons. The molecule has 14 heavy (non-hydrogen) atoms. The molecule has 0 aliphatic heterocycles. The number of ether oxygens (including phenoxy) is 1. The molecule has 0 aromatic heterocycles. The molecule has 3 nitrogen and oxygen atoms in total. The molecule has 0 saturated heterocycles. The number of nitriles is 1. The number of rotatable bonds is 2. The minimum Gasteiger partial charge on any atom is -0.461 e. The van der Waals surface area contributed by atoms with E-state index in [4.69, 9.17) is 5.26 Å². The maximum absolute atomic E-state index is 13.1. The van der Waals surface area contributed by atoms with Crippen LogP contribution in [0.4, 0.5) is 4.39 Å². The van der Waals surface area contributed by atoms with Crippen molar-refractivity contribution in [2.24, 2.45) is 0 Å². The normalized spacial score (nSPS) is 9.21. The second-order valence-corrected chi connectivity index (χ2v) is 2.70. The number of esters is 1. The summed E-state index contributed by atoms with van der Waals surface area (Å²) in [5.41, 5.74) is 0.508. The van der Waals surface area contributed by atoms with Gasteiger partial charge in [0, 0.05) is 12.5 Å².